The van der Waals surface area contributed by atoms with Crippen LogP contribution in [-0.2, 0) is 11.3 Å². The highest BCUT2D eigenvalue weighted by molar-refractivity contribution is 5.44. The maximum atomic E-state index is 5.69. The van der Waals surface area contributed by atoms with Gasteiger partial charge in [0.15, 0.2) is 0 Å². The average molecular weight is 288 g/mol. The van der Waals surface area contributed by atoms with Crippen LogP contribution in [0.15, 0.2) is 18.2 Å². The van der Waals surface area contributed by atoms with Gasteiger partial charge in [-0.3, -0.25) is 4.90 Å². The van der Waals surface area contributed by atoms with Crippen LogP contribution in [0.5, 0.6) is 5.75 Å². The topological polar surface area (TPSA) is 47.7 Å². The monoisotopic (exact) mass is 288 g/mol. The molecular weight excluding hydrogens is 264 g/mol. The number of nitrogens with zero attached hydrogens (tertiary/aromatic N) is 1. The molecule has 1 unspecified atom stereocenters. The smallest absolute Gasteiger partial charge is 0.123 e. The van der Waals surface area contributed by atoms with Crippen LogP contribution in [0.1, 0.15) is 24.0 Å². The molecular formula is C17H24N2O2. The van der Waals surface area contributed by atoms with Gasteiger partial charge in [0.2, 0.25) is 0 Å². The highest BCUT2D eigenvalue weighted by Crippen LogP contribution is 2.22. The molecule has 0 aliphatic carbocycles. The van der Waals surface area contributed by atoms with E-state index in [1.807, 2.05) is 12.1 Å². The van der Waals surface area contributed by atoms with Gasteiger partial charge < -0.3 is 15.2 Å². The minimum absolute atomic E-state index is 0.362. The Morgan fingerprint density at radius 3 is 3.00 bits per heavy atom. The van der Waals surface area contributed by atoms with Crippen LogP contribution in [0.2, 0.25) is 0 Å². The van der Waals surface area contributed by atoms with Gasteiger partial charge in [-0.05, 0) is 38.1 Å². The number of hydrogen-bond acceptors (Lipinski definition) is 4. The zero-order valence-electron chi connectivity index (χ0n) is 12.9. The van der Waals surface area contributed by atoms with Crippen LogP contribution in [0, 0.1) is 11.8 Å². The number of likely N-dealkylation sites (N-methyl/N-ethyl adjacent to an activating group) is 1. The Balaban J connectivity index is 2.05. The van der Waals surface area contributed by atoms with Gasteiger partial charge in [0.25, 0.3) is 0 Å². The molecule has 4 nitrogen and oxygen atoms in total. The molecule has 0 saturated carbocycles. The lowest BCUT2D eigenvalue weighted by atomic mass is 10.1. The van der Waals surface area contributed by atoms with Gasteiger partial charge >= 0.3 is 0 Å². The summed E-state index contributed by atoms with van der Waals surface area (Å²) in [6.07, 6.45) is 2.69. The lowest BCUT2D eigenvalue weighted by molar-refractivity contribution is 0.0791. The second-order valence-electron chi connectivity index (χ2n) is 5.36. The van der Waals surface area contributed by atoms with E-state index in [1.54, 1.807) is 7.11 Å². The maximum absolute atomic E-state index is 5.69. The summed E-state index contributed by atoms with van der Waals surface area (Å²) in [5, 5.41) is 0. The summed E-state index contributed by atoms with van der Waals surface area (Å²) in [5.41, 5.74) is 7.54. The fraction of sp³-hybridized carbons (Fsp3) is 0.529. The third kappa shape index (κ3) is 4.75. The van der Waals surface area contributed by atoms with Crippen molar-refractivity contribution >= 4 is 0 Å². The van der Waals surface area contributed by atoms with Gasteiger partial charge in [-0.2, -0.15) is 0 Å². The molecule has 0 bridgehead atoms. The Bertz CT molecular complexity index is 513. The summed E-state index contributed by atoms with van der Waals surface area (Å²) in [4.78, 5) is 2.27. The molecule has 2 rings (SSSR count). The molecule has 1 aromatic carbocycles. The van der Waals surface area contributed by atoms with Crippen molar-refractivity contribution in [1.82, 2.24) is 4.90 Å². The highest BCUT2D eigenvalue weighted by atomic mass is 16.5. The molecule has 4 heteroatoms. The minimum Gasteiger partial charge on any atom is -0.496 e. The van der Waals surface area contributed by atoms with Crippen molar-refractivity contribution in [3.63, 3.8) is 0 Å². The molecule has 21 heavy (non-hydrogen) atoms. The number of ether oxygens (including phenoxy) is 2. The van der Waals surface area contributed by atoms with E-state index >= 15 is 0 Å². The molecule has 1 aliphatic rings. The molecule has 1 fully saturated rings. The zero-order chi connectivity index (χ0) is 15.1. The summed E-state index contributed by atoms with van der Waals surface area (Å²) in [6, 6.07) is 6.01. The van der Waals surface area contributed by atoms with E-state index in [-0.39, 0.29) is 0 Å². The van der Waals surface area contributed by atoms with Crippen LogP contribution in [0.3, 0.4) is 0 Å². The van der Waals surface area contributed by atoms with E-state index in [4.69, 9.17) is 15.2 Å². The number of benzene rings is 1. The molecule has 0 aromatic heterocycles. The normalized spacial score (nSPS) is 17.6. The Hall–Kier alpha value is -1.54. The first-order chi connectivity index (χ1) is 10.2. The van der Waals surface area contributed by atoms with Crippen molar-refractivity contribution in [3.8, 4) is 17.6 Å². The Morgan fingerprint density at radius 2 is 2.33 bits per heavy atom. The van der Waals surface area contributed by atoms with E-state index in [1.165, 1.54) is 6.42 Å². The van der Waals surface area contributed by atoms with Gasteiger partial charge in [0.05, 0.1) is 19.8 Å². The van der Waals surface area contributed by atoms with Crippen molar-refractivity contribution in [3.05, 3.63) is 29.3 Å². The SMILES string of the molecule is COc1ccc(C#CCN)cc1CN(C)CC1CCCO1. The van der Waals surface area contributed by atoms with E-state index in [0.29, 0.717) is 12.6 Å². The van der Waals surface area contributed by atoms with Crippen molar-refractivity contribution in [2.45, 2.75) is 25.5 Å². The second kappa shape index (κ2) is 8.04. The van der Waals surface area contributed by atoms with E-state index in [2.05, 4.69) is 29.9 Å². The number of hydrogen-bond donors (Lipinski definition) is 1. The van der Waals surface area contributed by atoms with Crippen LogP contribution in [0.25, 0.3) is 0 Å². The molecule has 1 heterocycles. The second-order valence-corrected chi connectivity index (χ2v) is 5.36. The van der Waals surface area contributed by atoms with Crippen LogP contribution in [-0.4, -0.2) is 44.9 Å². The molecule has 0 spiro atoms. The zero-order valence-corrected chi connectivity index (χ0v) is 12.9. The van der Waals surface area contributed by atoms with Crippen LogP contribution >= 0.6 is 0 Å². The third-order valence-corrected chi connectivity index (χ3v) is 3.59. The van der Waals surface area contributed by atoms with Crippen molar-refractivity contribution < 1.29 is 9.47 Å². The van der Waals surface area contributed by atoms with Gasteiger partial charge in [-0.1, -0.05) is 11.8 Å². The highest BCUT2D eigenvalue weighted by Gasteiger charge is 2.18. The predicted molar refractivity (Wildman–Crippen MR) is 84.2 cm³/mol. The largest absolute Gasteiger partial charge is 0.496 e. The molecule has 0 radical (unpaired) electrons. The Kier molecular flexibility index (Phi) is 6.06. The van der Waals surface area contributed by atoms with Gasteiger partial charge in [-0.15, -0.1) is 0 Å². The Labute approximate surface area is 127 Å². The lowest BCUT2D eigenvalue weighted by Crippen LogP contribution is -2.28. The van der Waals surface area contributed by atoms with Gasteiger partial charge in [-0.25, -0.2) is 0 Å². The molecule has 0 amide bonds. The quantitative estimate of drug-likeness (QED) is 0.836. The maximum Gasteiger partial charge on any atom is 0.123 e. The fourth-order valence-electron chi connectivity index (χ4n) is 2.62. The van der Waals surface area contributed by atoms with E-state index < -0.39 is 0 Å². The lowest BCUT2D eigenvalue weighted by Gasteiger charge is -2.21. The van der Waals surface area contributed by atoms with Crippen molar-refractivity contribution in [2.75, 3.05) is 33.9 Å². The molecule has 1 saturated heterocycles. The first kappa shape index (κ1) is 15.8. The molecule has 1 atom stereocenters. The molecule has 1 aromatic rings. The van der Waals surface area contributed by atoms with E-state index in [0.717, 1.165) is 43.0 Å². The summed E-state index contributed by atoms with van der Waals surface area (Å²) >= 11 is 0. The third-order valence-electron chi connectivity index (χ3n) is 3.59. The van der Waals surface area contributed by atoms with Crippen molar-refractivity contribution in [2.24, 2.45) is 5.73 Å². The van der Waals surface area contributed by atoms with E-state index in [9.17, 15) is 0 Å². The molecule has 114 valence electrons. The fourth-order valence-corrected chi connectivity index (χ4v) is 2.62. The first-order valence-electron chi connectivity index (χ1n) is 7.39. The summed E-state index contributed by atoms with van der Waals surface area (Å²) in [5.74, 6) is 6.85. The van der Waals surface area contributed by atoms with Crippen LogP contribution < -0.4 is 10.5 Å². The van der Waals surface area contributed by atoms with Crippen LogP contribution in [0.4, 0.5) is 0 Å². The Morgan fingerprint density at radius 1 is 1.48 bits per heavy atom. The number of rotatable bonds is 5. The number of nitrogens with two attached hydrogens (primary N) is 1. The summed E-state index contributed by atoms with van der Waals surface area (Å²) in [6.45, 7) is 3.04. The molecule has 2 N–H and O–H groups in total. The van der Waals surface area contributed by atoms with Crippen molar-refractivity contribution in [1.29, 1.82) is 0 Å². The standard InChI is InChI=1S/C17H24N2O2/c1-19(13-16-6-4-10-21-16)12-15-11-14(5-3-9-18)7-8-17(15)20-2/h7-8,11,16H,4,6,9-10,12-13,18H2,1-2H3. The summed E-state index contributed by atoms with van der Waals surface area (Å²) in [7, 11) is 3.81. The van der Waals surface area contributed by atoms with Gasteiger partial charge in [0.1, 0.15) is 5.75 Å². The minimum atomic E-state index is 0.362. The molecule has 1 aliphatic heterocycles. The predicted octanol–water partition coefficient (Wildman–Crippen LogP) is 1.62. The average Bonchev–Trinajstić information content (AvgIpc) is 2.98. The van der Waals surface area contributed by atoms with Gasteiger partial charge in [0, 0.05) is 30.8 Å². The number of methoxy groups -OCH3 is 1. The summed E-state index contributed by atoms with van der Waals surface area (Å²) < 4.78 is 11.1. The first-order valence-corrected chi connectivity index (χ1v) is 7.39.